The molecular weight excluding hydrogens is 672 g/mol. The molecule has 0 radical (unpaired) electrons. The number of hydrogen-bond donors (Lipinski definition) is 12. The third-order valence-electron chi connectivity index (χ3n) is 8.61. The molecule has 3 aliphatic heterocycles. The molecule has 0 saturated carbocycles. The number of hydrogen-bond acceptors (Lipinski definition) is 18. The van der Waals surface area contributed by atoms with Crippen molar-refractivity contribution < 1.29 is 89.7 Å². The maximum Gasteiger partial charge on any atom is 0.229 e. The van der Waals surface area contributed by atoms with Crippen molar-refractivity contribution in [3.05, 3.63) is 53.6 Å². The summed E-state index contributed by atoms with van der Waals surface area (Å²) in [4.78, 5) is 0. The van der Waals surface area contributed by atoms with Gasteiger partial charge in [-0.25, -0.2) is 0 Å². The molecule has 15 atom stereocenters. The highest BCUT2D eigenvalue weighted by Gasteiger charge is 2.54. The third-order valence-corrected chi connectivity index (χ3v) is 8.61. The van der Waals surface area contributed by atoms with E-state index < -0.39 is 112 Å². The van der Waals surface area contributed by atoms with Gasteiger partial charge in [-0.15, -0.1) is 0 Å². The van der Waals surface area contributed by atoms with E-state index in [1.54, 1.807) is 24.3 Å². The average Bonchev–Trinajstić information content (AvgIpc) is 3.10. The van der Waals surface area contributed by atoms with Crippen LogP contribution in [0.15, 0.2) is 42.5 Å². The van der Waals surface area contributed by atoms with Gasteiger partial charge in [0.1, 0.15) is 84.4 Å². The molecule has 12 N–H and O–H groups in total. The lowest BCUT2D eigenvalue weighted by atomic mass is 9.96. The van der Waals surface area contributed by atoms with E-state index in [2.05, 4.69) is 0 Å². The normalized spacial score (nSPS) is 39.4. The first-order chi connectivity index (χ1) is 23.8. The number of aliphatic hydroxyl groups excluding tert-OH is 10. The molecule has 18 nitrogen and oxygen atoms in total. The van der Waals surface area contributed by atoms with E-state index in [-0.39, 0.29) is 17.2 Å². The van der Waals surface area contributed by atoms with Crippen molar-refractivity contribution >= 4 is 12.2 Å². The fraction of sp³-hybridized carbons (Fsp3) is 0.562. The van der Waals surface area contributed by atoms with Gasteiger partial charge in [0, 0.05) is 6.07 Å². The zero-order valence-corrected chi connectivity index (χ0v) is 26.3. The van der Waals surface area contributed by atoms with Gasteiger partial charge >= 0.3 is 0 Å². The van der Waals surface area contributed by atoms with Crippen LogP contribution in [0.3, 0.4) is 0 Å². The monoisotopic (exact) mass is 714 g/mol. The molecule has 3 aliphatic rings. The van der Waals surface area contributed by atoms with Gasteiger partial charge in [0.05, 0.1) is 19.8 Å². The molecule has 0 unspecified atom stereocenters. The van der Waals surface area contributed by atoms with Crippen molar-refractivity contribution in [3.8, 4) is 17.2 Å². The van der Waals surface area contributed by atoms with Crippen LogP contribution in [0.1, 0.15) is 11.1 Å². The van der Waals surface area contributed by atoms with Gasteiger partial charge in [0.25, 0.3) is 0 Å². The minimum absolute atomic E-state index is 0.117. The van der Waals surface area contributed by atoms with E-state index in [4.69, 9.17) is 28.4 Å². The molecule has 3 saturated heterocycles. The Morgan fingerprint density at radius 3 is 1.48 bits per heavy atom. The molecule has 0 aliphatic carbocycles. The van der Waals surface area contributed by atoms with Crippen molar-refractivity contribution in [1.29, 1.82) is 0 Å². The van der Waals surface area contributed by atoms with Crippen LogP contribution in [0.5, 0.6) is 17.2 Å². The number of benzene rings is 2. The molecule has 18 heteroatoms. The van der Waals surface area contributed by atoms with Crippen molar-refractivity contribution in [2.45, 2.75) is 92.1 Å². The molecule has 2 aromatic carbocycles. The van der Waals surface area contributed by atoms with E-state index in [1.165, 1.54) is 30.3 Å². The van der Waals surface area contributed by atoms with Gasteiger partial charge in [-0.1, -0.05) is 24.3 Å². The molecule has 0 spiro atoms. The summed E-state index contributed by atoms with van der Waals surface area (Å²) in [5.41, 5.74) is 1.20. The lowest BCUT2D eigenvalue weighted by molar-refractivity contribution is -0.389. The van der Waals surface area contributed by atoms with Crippen LogP contribution in [-0.2, 0) is 23.7 Å². The summed E-state index contributed by atoms with van der Waals surface area (Å²) in [5, 5.41) is 123. The Hall–Kier alpha value is -3.02. The van der Waals surface area contributed by atoms with E-state index in [0.29, 0.717) is 11.1 Å². The second-order valence-corrected chi connectivity index (χ2v) is 12.1. The Bertz CT molecular complexity index is 1390. The first-order valence-electron chi connectivity index (χ1n) is 15.7. The third kappa shape index (κ3) is 8.37. The number of rotatable bonds is 11. The summed E-state index contributed by atoms with van der Waals surface area (Å²) < 4.78 is 34.3. The van der Waals surface area contributed by atoms with E-state index >= 15 is 0 Å². The van der Waals surface area contributed by atoms with Crippen molar-refractivity contribution in [2.24, 2.45) is 0 Å². The number of phenols is 2. The number of aromatic hydroxyl groups is 2. The smallest absolute Gasteiger partial charge is 0.229 e. The Kier molecular flexibility index (Phi) is 12.6. The van der Waals surface area contributed by atoms with Crippen LogP contribution in [0.2, 0.25) is 0 Å². The van der Waals surface area contributed by atoms with Gasteiger partial charge in [-0.3, -0.25) is 0 Å². The van der Waals surface area contributed by atoms with Crippen molar-refractivity contribution in [2.75, 3.05) is 19.8 Å². The number of phenolic OH excluding ortho intramolecular Hbond substituents is 2. The summed E-state index contributed by atoms with van der Waals surface area (Å²) in [7, 11) is 0. The van der Waals surface area contributed by atoms with Crippen LogP contribution in [0.4, 0.5) is 0 Å². The Morgan fingerprint density at radius 2 is 0.940 bits per heavy atom. The van der Waals surface area contributed by atoms with Gasteiger partial charge in [0.2, 0.25) is 6.29 Å². The Labute approximate surface area is 284 Å². The quantitative estimate of drug-likeness (QED) is 0.0990. The zero-order chi connectivity index (χ0) is 36.3. The molecule has 0 bridgehead atoms. The molecule has 3 heterocycles. The Balaban J connectivity index is 1.37. The van der Waals surface area contributed by atoms with Gasteiger partial charge in [0.15, 0.2) is 18.7 Å². The summed E-state index contributed by atoms with van der Waals surface area (Å²) in [6, 6.07) is 10.4. The van der Waals surface area contributed by atoms with Crippen molar-refractivity contribution in [1.82, 2.24) is 0 Å². The van der Waals surface area contributed by atoms with Crippen LogP contribution in [0.25, 0.3) is 12.2 Å². The molecular formula is C32H42O18. The largest absolute Gasteiger partial charge is 0.508 e. The molecule has 5 rings (SSSR count). The van der Waals surface area contributed by atoms with Crippen LogP contribution >= 0.6 is 0 Å². The van der Waals surface area contributed by atoms with Crippen LogP contribution < -0.4 is 4.74 Å². The minimum atomic E-state index is -1.93. The predicted octanol–water partition coefficient (Wildman–Crippen LogP) is -3.90. The summed E-state index contributed by atoms with van der Waals surface area (Å²) >= 11 is 0. The summed E-state index contributed by atoms with van der Waals surface area (Å²) in [5.74, 6) is -0.0680. The molecule has 0 aromatic heterocycles. The highest BCUT2D eigenvalue weighted by atomic mass is 16.8. The van der Waals surface area contributed by atoms with Crippen LogP contribution in [0, 0.1) is 0 Å². The summed E-state index contributed by atoms with van der Waals surface area (Å²) in [6.45, 7) is -2.35. The topological polar surface area (TPSA) is 298 Å². The first kappa shape index (κ1) is 38.2. The van der Waals surface area contributed by atoms with E-state index in [0.717, 1.165) is 0 Å². The molecule has 278 valence electrons. The minimum Gasteiger partial charge on any atom is -0.508 e. The fourth-order valence-corrected chi connectivity index (χ4v) is 5.79. The maximum atomic E-state index is 11.1. The lowest BCUT2D eigenvalue weighted by Crippen LogP contribution is -2.67. The number of aliphatic hydroxyl groups is 10. The maximum absolute atomic E-state index is 11.1. The molecule has 2 aromatic rings. The van der Waals surface area contributed by atoms with Gasteiger partial charge in [-0.05, 0) is 35.4 Å². The first-order valence-corrected chi connectivity index (χ1v) is 15.7. The molecule has 50 heavy (non-hydrogen) atoms. The lowest BCUT2D eigenvalue weighted by Gasteiger charge is -2.48. The van der Waals surface area contributed by atoms with Crippen molar-refractivity contribution in [3.63, 3.8) is 0 Å². The van der Waals surface area contributed by atoms with Gasteiger partial charge in [-0.2, -0.15) is 0 Å². The van der Waals surface area contributed by atoms with E-state index in [9.17, 15) is 61.3 Å². The zero-order valence-electron chi connectivity index (χ0n) is 26.3. The second kappa shape index (κ2) is 16.5. The predicted molar refractivity (Wildman–Crippen MR) is 165 cm³/mol. The van der Waals surface area contributed by atoms with E-state index in [1.807, 2.05) is 0 Å². The SMILES string of the molecule is OC[C@H]1O[C@H](O[C@H]2[C@@H](O[C@H]3[C@@H](Oc4ccc(/C=C/c5cc(O)cc(O)c5)cc4)O[C@H](CO)[C@@H](O)[C@@H]3O)O[C@H](CO)[C@@H](O)[C@@H]2O)[C@H](O)[C@@H](O)[C@@H]1O. The highest BCUT2D eigenvalue weighted by molar-refractivity contribution is 5.71. The standard InChI is InChI=1S/C32H42O18/c33-10-18-21(38)24(41)27(44)30(46-18)49-29-26(43)23(40)20(12-35)48-32(29)50-28-25(42)22(39)19(11-34)47-31(28)45-17-5-3-13(4-6-17)1-2-14-7-15(36)9-16(37)8-14/h1-9,18-44H,10-12H2/b2-1+/t18-,19-,20-,21-,22-,23-,24+,25+,26+,27-,28-,29-,30-,31+,32-/m1/s1. The Morgan fingerprint density at radius 1 is 0.500 bits per heavy atom. The van der Waals surface area contributed by atoms with Crippen LogP contribution in [-0.4, -0.2) is 173 Å². The fourth-order valence-electron chi connectivity index (χ4n) is 5.79. The summed E-state index contributed by atoms with van der Waals surface area (Å²) in [6.07, 6.45) is -22.3. The molecule has 3 fully saturated rings. The highest BCUT2D eigenvalue weighted by Crippen LogP contribution is 2.34. The van der Waals surface area contributed by atoms with Gasteiger partial charge < -0.3 is 89.7 Å². The number of ether oxygens (including phenoxy) is 6. The second-order valence-electron chi connectivity index (χ2n) is 12.1. The average molecular weight is 715 g/mol. The molecule has 0 amide bonds.